The number of piperidine rings is 1. The quantitative estimate of drug-likeness (QED) is 0.934. The third-order valence-electron chi connectivity index (χ3n) is 4.97. The minimum absolute atomic E-state index is 0.107. The third kappa shape index (κ3) is 3.66. The molecule has 0 amide bonds. The van der Waals surface area contributed by atoms with E-state index in [-0.39, 0.29) is 11.0 Å². The lowest BCUT2D eigenvalue weighted by molar-refractivity contribution is 0.365. The normalized spacial score (nSPS) is 19.2. The first-order valence-corrected chi connectivity index (χ1v) is 8.82. The van der Waals surface area contributed by atoms with Crippen LogP contribution in [0, 0.1) is 0 Å². The second kappa shape index (κ2) is 6.48. The van der Waals surface area contributed by atoms with E-state index in [0.29, 0.717) is 6.04 Å². The number of pyridine rings is 1. The third-order valence-corrected chi connectivity index (χ3v) is 4.97. The van der Waals surface area contributed by atoms with E-state index in [1.807, 2.05) is 16.8 Å². The summed E-state index contributed by atoms with van der Waals surface area (Å²) < 4.78 is 1.87. The summed E-state index contributed by atoms with van der Waals surface area (Å²) in [6.07, 6.45) is 6.81. The first-order valence-electron chi connectivity index (χ1n) is 8.82. The summed E-state index contributed by atoms with van der Waals surface area (Å²) in [5.41, 5.74) is 1.52. The summed E-state index contributed by atoms with van der Waals surface area (Å²) in [4.78, 5) is 12.7. The number of nitrogens with one attached hydrogen (secondary N) is 1. The Balaban J connectivity index is 1.82. The molecule has 0 saturated carbocycles. The minimum atomic E-state index is 0.107. The van der Waals surface area contributed by atoms with Crippen molar-refractivity contribution in [2.75, 3.05) is 6.54 Å². The van der Waals surface area contributed by atoms with Gasteiger partial charge in [0.25, 0.3) is 5.56 Å². The molecule has 1 aliphatic heterocycles. The Morgan fingerprint density at radius 2 is 2.04 bits per heavy atom. The van der Waals surface area contributed by atoms with Gasteiger partial charge in [0.05, 0.1) is 0 Å². The number of rotatable bonds is 3. The van der Waals surface area contributed by atoms with Crippen molar-refractivity contribution in [1.82, 2.24) is 9.88 Å². The van der Waals surface area contributed by atoms with E-state index < -0.39 is 0 Å². The van der Waals surface area contributed by atoms with E-state index in [9.17, 15) is 4.79 Å². The van der Waals surface area contributed by atoms with Gasteiger partial charge in [-0.25, -0.2) is 0 Å². The van der Waals surface area contributed by atoms with E-state index in [0.717, 1.165) is 30.3 Å². The molecular formula is C20H28N2O. The zero-order chi connectivity index (χ0) is 16.4. The highest BCUT2D eigenvalue weighted by Gasteiger charge is 2.15. The molecule has 1 fully saturated rings. The molecule has 0 spiro atoms. The number of nitrogens with zero attached hydrogens (tertiary/aromatic N) is 1. The van der Waals surface area contributed by atoms with Crippen molar-refractivity contribution in [2.24, 2.45) is 0 Å². The number of hydrogen-bond acceptors (Lipinski definition) is 2. The predicted molar refractivity (Wildman–Crippen MR) is 97.2 cm³/mol. The summed E-state index contributed by atoms with van der Waals surface area (Å²) >= 11 is 0. The van der Waals surface area contributed by atoms with Gasteiger partial charge in [0.15, 0.2) is 0 Å². The van der Waals surface area contributed by atoms with Gasteiger partial charge in [-0.15, -0.1) is 0 Å². The molecule has 0 bridgehead atoms. The molecule has 1 aromatic carbocycles. The van der Waals surface area contributed by atoms with Crippen molar-refractivity contribution in [1.29, 1.82) is 0 Å². The van der Waals surface area contributed by atoms with Gasteiger partial charge < -0.3 is 9.88 Å². The van der Waals surface area contributed by atoms with Crippen LogP contribution in [0.25, 0.3) is 10.8 Å². The van der Waals surface area contributed by atoms with E-state index in [1.54, 1.807) is 0 Å². The van der Waals surface area contributed by atoms with E-state index >= 15 is 0 Å². The largest absolute Gasteiger partial charge is 0.315 e. The summed E-state index contributed by atoms with van der Waals surface area (Å²) in [6, 6.07) is 8.89. The molecule has 3 heteroatoms. The maximum absolute atomic E-state index is 12.7. The van der Waals surface area contributed by atoms with Gasteiger partial charge in [-0.2, -0.15) is 0 Å². The molecule has 1 aliphatic rings. The standard InChI is InChI=1S/C20H28N2O/c1-20(2,3)16-7-8-18-15(14-16)9-12-22(19(18)23)13-10-17-6-4-5-11-21-17/h7-9,12,14,17,21H,4-6,10-11,13H2,1-3H3. The minimum Gasteiger partial charge on any atom is -0.315 e. The Labute approximate surface area is 138 Å². The fraction of sp³-hybridized carbons (Fsp3) is 0.550. The number of benzene rings is 1. The van der Waals surface area contributed by atoms with Gasteiger partial charge in [0.1, 0.15) is 0 Å². The number of aryl methyl sites for hydroxylation is 1. The molecule has 2 heterocycles. The molecule has 1 atom stereocenters. The molecule has 1 unspecified atom stereocenters. The lowest BCUT2D eigenvalue weighted by Gasteiger charge is -2.23. The molecule has 124 valence electrons. The zero-order valence-electron chi connectivity index (χ0n) is 14.6. The second-order valence-corrected chi connectivity index (χ2v) is 7.80. The van der Waals surface area contributed by atoms with Crippen molar-refractivity contribution in [2.45, 2.75) is 64.5 Å². The van der Waals surface area contributed by atoms with Gasteiger partial charge in [0, 0.05) is 24.2 Å². The average Bonchev–Trinajstić information content (AvgIpc) is 2.54. The number of aromatic nitrogens is 1. The first kappa shape index (κ1) is 16.3. The van der Waals surface area contributed by atoms with E-state index in [1.165, 1.54) is 24.8 Å². The van der Waals surface area contributed by atoms with Crippen molar-refractivity contribution in [3.63, 3.8) is 0 Å². The van der Waals surface area contributed by atoms with Crippen molar-refractivity contribution < 1.29 is 0 Å². The summed E-state index contributed by atoms with van der Waals surface area (Å²) in [5.74, 6) is 0. The Morgan fingerprint density at radius 3 is 2.74 bits per heavy atom. The fourth-order valence-electron chi connectivity index (χ4n) is 3.40. The lowest BCUT2D eigenvalue weighted by atomic mass is 9.86. The summed E-state index contributed by atoms with van der Waals surface area (Å²) in [5, 5.41) is 5.44. The Morgan fingerprint density at radius 1 is 1.22 bits per heavy atom. The summed E-state index contributed by atoms with van der Waals surface area (Å²) in [7, 11) is 0. The van der Waals surface area contributed by atoms with Crippen LogP contribution in [0.15, 0.2) is 35.3 Å². The lowest BCUT2D eigenvalue weighted by Crippen LogP contribution is -2.35. The Bertz CT molecular complexity index is 733. The smallest absolute Gasteiger partial charge is 0.258 e. The van der Waals surface area contributed by atoms with E-state index in [4.69, 9.17) is 0 Å². The van der Waals surface area contributed by atoms with Crippen LogP contribution >= 0.6 is 0 Å². The molecule has 1 saturated heterocycles. The van der Waals surface area contributed by atoms with Crippen LogP contribution < -0.4 is 10.9 Å². The molecule has 0 aliphatic carbocycles. The van der Waals surface area contributed by atoms with Crippen LogP contribution in [0.1, 0.15) is 52.0 Å². The van der Waals surface area contributed by atoms with Gasteiger partial charge in [0.2, 0.25) is 0 Å². The van der Waals surface area contributed by atoms with Crippen LogP contribution in [0.5, 0.6) is 0 Å². The van der Waals surface area contributed by atoms with Crippen molar-refractivity contribution in [3.8, 4) is 0 Å². The van der Waals surface area contributed by atoms with Crippen LogP contribution in [-0.2, 0) is 12.0 Å². The highest BCUT2D eigenvalue weighted by molar-refractivity contribution is 5.82. The van der Waals surface area contributed by atoms with Crippen molar-refractivity contribution >= 4 is 10.8 Å². The molecule has 1 N–H and O–H groups in total. The zero-order valence-corrected chi connectivity index (χ0v) is 14.6. The van der Waals surface area contributed by atoms with Gasteiger partial charge >= 0.3 is 0 Å². The molecule has 0 radical (unpaired) electrons. The summed E-state index contributed by atoms with van der Waals surface area (Å²) in [6.45, 7) is 8.52. The molecule has 3 nitrogen and oxygen atoms in total. The molecule has 1 aromatic heterocycles. The maximum atomic E-state index is 12.7. The predicted octanol–water partition coefficient (Wildman–Crippen LogP) is 3.83. The van der Waals surface area contributed by atoms with Crippen LogP contribution in [0.2, 0.25) is 0 Å². The average molecular weight is 312 g/mol. The Hall–Kier alpha value is -1.61. The monoisotopic (exact) mass is 312 g/mol. The highest BCUT2D eigenvalue weighted by Crippen LogP contribution is 2.25. The molecule has 3 rings (SSSR count). The van der Waals surface area contributed by atoms with Crippen LogP contribution in [0.4, 0.5) is 0 Å². The molecule has 23 heavy (non-hydrogen) atoms. The second-order valence-electron chi connectivity index (χ2n) is 7.80. The fourth-order valence-corrected chi connectivity index (χ4v) is 3.40. The first-order chi connectivity index (χ1) is 10.9. The molecule has 2 aromatic rings. The van der Waals surface area contributed by atoms with Gasteiger partial charge in [-0.3, -0.25) is 4.79 Å². The van der Waals surface area contributed by atoms with Gasteiger partial charge in [-0.1, -0.05) is 39.3 Å². The van der Waals surface area contributed by atoms with Crippen molar-refractivity contribution in [3.05, 3.63) is 46.4 Å². The Kier molecular flexibility index (Phi) is 4.58. The van der Waals surface area contributed by atoms with E-state index in [2.05, 4.69) is 44.3 Å². The maximum Gasteiger partial charge on any atom is 0.258 e. The number of fused-ring (bicyclic) bond motifs is 1. The topological polar surface area (TPSA) is 34.0 Å². The van der Waals surface area contributed by atoms with Gasteiger partial charge in [-0.05, 0) is 54.3 Å². The highest BCUT2D eigenvalue weighted by atomic mass is 16.1. The van der Waals surface area contributed by atoms with Crippen LogP contribution in [0.3, 0.4) is 0 Å². The molecular weight excluding hydrogens is 284 g/mol. The van der Waals surface area contributed by atoms with Crippen LogP contribution in [-0.4, -0.2) is 17.2 Å². The number of hydrogen-bond donors (Lipinski definition) is 1. The SMILES string of the molecule is CC(C)(C)c1ccc2c(=O)n(CCC3CCCCN3)ccc2c1.